The van der Waals surface area contributed by atoms with Crippen molar-refractivity contribution in [3.63, 3.8) is 0 Å². The number of hydrogen-bond donors (Lipinski definition) is 0. The lowest BCUT2D eigenvalue weighted by Crippen LogP contribution is -2.32. The Hall–Kier alpha value is -2.13. The van der Waals surface area contributed by atoms with Gasteiger partial charge in [0.05, 0.1) is 19.0 Å². The molecule has 0 atom stereocenters. The number of carbonyl (C=O) groups excluding carboxylic acids is 1. The molecule has 1 aliphatic heterocycles. The number of hydrogen-bond acceptors (Lipinski definition) is 4. The molecule has 0 aromatic carbocycles. The van der Waals surface area contributed by atoms with Gasteiger partial charge >= 0.3 is 0 Å². The summed E-state index contributed by atoms with van der Waals surface area (Å²) in [6.07, 6.45) is 3.71. The fourth-order valence-electron chi connectivity index (χ4n) is 3.44. The second-order valence-corrected chi connectivity index (χ2v) is 8.99. The summed E-state index contributed by atoms with van der Waals surface area (Å²) in [6, 6.07) is 3.67. The van der Waals surface area contributed by atoms with Gasteiger partial charge in [-0.3, -0.25) is 9.48 Å². The van der Waals surface area contributed by atoms with Gasteiger partial charge in [0.2, 0.25) is 10.0 Å². The van der Waals surface area contributed by atoms with Crippen LogP contribution in [-0.4, -0.2) is 57.2 Å². The van der Waals surface area contributed by atoms with Crippen molar-refractivity contribution >= 4 is 15.9 Å². The van der Waals surface area contributed by atoms with Gasteiger partial charge in [0.1, 0.15) is 5.69 Å². The predicted molar refractivity (Wildman–Crippen MR) is 103 cm³/mol. The van der Waals surface area contributed by atoms with Crippen LogP contribution in [-0.2, 0) is 36.7 Å². The minimum atomic E-state index is -3.25. The first-order valence-corrected chi connectivity index (χ1v) is 11.0. The van der Waals surface area contributed by atoms with Gasteiger partial charge in [0.25, 0.3) is 5.91 Å². The molecule has 3 rings (SSSR count). The molecule has 0 aliphatic carbocycles. The first kappa shape index (κ1) is 19.6. The quantitative estimate of drug-likeness (QED) is 0.768. The first-order chi connectivity index (χ1) is 12.7. The Bertz CT molecular complexity index is 944. The van der Waals surface area contributed by atoms with E-state index in [0.717, 1.165) is 17.0 Å². The number of sulfonamides is 1. The molecule has 2 aromatic rings. The number of carbonyl (C=O) groups is 1. The highest BCUT2D eigenvalue weighted by atomic mass is 32.2. The van der Waals surface area contributed by atoms with Crippen molar-refractivity contribution in [3.05, 3.63) is 41.0 Å². The van der Waals surface area contributed by atoms with Crippen LogP contribution in [0.25, 0.3) is 0 Å². The monoisotopic (exact) mass is 393 g/mol. The molecule has 0 N–H and O–H groups in total. The van der Waals surface area contributed by atoms with E-state index in [4.69, 9.17) is 0 Å². The maximum Gasteiger partial charge on any atom is 0.270 e. The van der Waals surface area contributed by atoms with Gasteiger partial charge in [-0.25, -0.2) is 8.42 Å². The Balaban J connectivity index is 1.85. The van der Waals surface area contributed by atoms with Gasteiger partial charge in [-0.15, -0.1) is 0 Å². The third kappa shape index (κ3) is 3.93. The van der Waals surface area contributed by atoms with Crippen LogP contribution >= 0.6 is 0 Å². The molecular formula is C18H27N5O3S. The number of rotatable bonds is 5. The Morgan fingerprint density at radius 3 is 2.63 bits per heavy atom. The van der Waals surface area contributed by atoms with E-state index in [1.807, 2.05) is 37.6 Å². The van der Waals surface area contributed by atoms with Gasteiger partial charge in [-0.05, 0) is 32.4 Å². The first-order valence-electron chi connectivity index (χ1n) is 9.12. The zero-order valence-corrected chi connectivity index (χ0v) is 17.2. The normalized spacial score (nSPS) is 15.4. The molecule has 0 fully saturated rings. The second-order valence-electron chi connectivity index (χ2n) is 7.01. The lowest BCUT2D eigenvalue weighted by atomic mass is 10.2. The summed E-state index contributed by atoms with van der Waals surface area (Å²) in [4.78, 5) is 15.0. The van der Waals surface area contributed by atoms with Gasteiger partial charge in [-0.1, -0.05) is 0 Å². The van der Waals surface area contributed by atoms with Crippen LogP contribution in [0.15, 0.2) is 18.3 Å². The van der Waals surface area contributed by atoms with Crippen molar-refractivity contribution in [3.8, 4) is 0 Å². The molecule has 0 saturated carbocycles. The average molecular weight is 394 g/mol. The van der Waals surface area contributed by atoms with E-state index in [2.05, 4.69) is 5.10 Å². The molecule has 0 spiro atoms. The van der Waals surface area contributed by atoms with E-state index in [0.29, 0.717) is 44.8 Å². The highest BCUT2D eigenvalue weighted by molar-refractivity contribution is 7.88. The standard InChI is InChI=1S/C18H27N5O3S/c1-5-21(12-15-11-19-20(3)14(15)2)18(24)17-8-7-16-13-22(27(4,25)26)9-6-10-23(16)17/h7-8,11H,5-6,9-10,12-13H2,1-4H3. The van der Waals surface area contributed by atoms with Crippen molar-refractivity contribution in [1.29, 1.82) is 0 Å². The number of aromatic nitrogens is 3. The fraction of sp³-hybridized carbons (Fsp3) is 0.556. The van der Waals surface area contributed by atoms with Gasteiger partial charge in [0.15, 0.2) is 0 Å². The Kier molecular flexibility index (Phi) is 5.43. The maximum atomic E-state index is 13.2. The summed E-state index contributed by atoms with van der Waals surface area (Å²) in [5, 5.41) is 4.25. The van der Waals surface area contributed by atoms with Crippen molar-refractivity contribution in [1.82, 2.24) is 23.6 Å². The molecule has 0 unspecified atom stereocenters. The third-order valence-electron chi connectivity index (χ3n) is 5.25. The molecule has 2 aromatic heterocycles. The molecule has 1 aliphatic rings. The van der Waals surface area contributed by atoms with E-state index >= 15 is 0 Å². The van der Waals surface area contributed by atoms with Crippen LogP contribution in [0.3, 0.4) is 0 Å². The average Bonchev–Trinajstić information content (AvgIpc) is 3.06. The van der Waals surface area contributed by atoms with Crippen LogP contribution in [0.4, 0.5) is 0 Å². The summed E-state index contributed by atoms with van der Waals surface area (Å²) < 4.78 is 29.1. The number of fused-ring (bicyclic) bond motifs is 1. The molecule has 0 bridgehead atoms. The number of nitrogens with zero attached hydrogens (tertiary/aromatic N) is 5. The molecule has 148 valence electrons. The maximum absolute atomic E-state index is 13.2. The summed E-state index contributed by atoms with van der Waals surface area (Å²) >= 11 is 0. The molecule has 0 radical (unpaired) electrons. The highest BCUT2D eigenvalue weighted by Gasteiger charge is 2.26. The molecule has 3 heterocycles. The van der Waals surface area contributed by atoms with Crippen LogP contribution in [0, 0.1) is 6.92 Å². The van der Waals surface area contributed by atoms with Gasteiger partial charge < -0.3 is 9.47 Å². The predicted octanol–water partition coefficient (Wildman–Crippen LogP) is 1.36. The zero-order valence-electron chi connectivity index (χ0n) is 16.3. The minimum absolute atomic E-state index is 0.0418. The number of amides is 1. The lowest BCUT2D eigenvalue weighted by molar-refractivity contribution is 0.0741. The summed E-state index contributed by atoms with van der Waals surface area (Å²) in [6.45, 7) is 6.46. The van der Waals surface area contributed by atoms with Crippen molar-refractivity contribution < 1.29 is 13.2 Å². The van der Waals surface area contributed by atoms with E-state index in [9.17, 15) is 13.2 Å². The van der Waals surface area contributed by atoms with Gasteiger partial charge in [-0.2, -0.15) is 9.40 Å². The lowest BCUT2D eigenvalue weighted by Gasteiger charge is -2.22. The topological polar surface area (TPSA) is 80.4 Å². The van der Waals surface area contributed by atoms with Crippen molar-refractivity contribution in [2.75, 3.05) is 19.3 Å². The molecule has 1 amide bonds. The fourth-order valence-corrected chi connectivity index (χ4v) is 4.27. The van der Waals surface area contributed by atoms with Crippen LogP contribution in [0.2, 0.25) is 0 Å². The summed E-state index contributed by atoms with van der Waals surface area (Å²) in [7, 11) is -1.37. The van der Waals surface area contributed by atoms with Crippen molar-refractivity contribution in [2.45, 2.75) is 39.9 Å². The van der Waals surface area contributed by atoms with Crippen LogP contribution in [0.5, 0.6) is 0 Å². The minimum Gasteiger partial charge on any atom is -0.339 e. The van der Waals surface area contributed by atoms with E-state index in [-0.39, 0.29) is 5.91 Å². The molecule has 27 heavy (non-hydrogen) atoms. The Morgan fingerprint density at radius 1 is 1.30 bits per heavy atom. The molecule has 8 nitrogen and oxygen atoms in total. The van der Waals surface area contributed by atoms with E-state index in [1.165, 1.54) is 10.6 Å². The van der Waals surface area contributed by atoms with Crippen molar-refractivity contribution in [2.24, 2.45) is 7.05 Å². The summed E-state index contributed by atoms with van der Waals surface area (Å²) in [5.41, 5.74) is 3.54. The van der Waals surface area contributed by atoms with Crippen LogP contribution in [0.1, 0.15) is 40.8 Å². The van der Waals surface area contributed by atoms with E-state index < -0.39 is 10.0 Å². The summed E-state index contributed by atoms with van der Waals surface area (Å²) in [5.74, 6) is -0.0418. The van der Waals surface area contributed by atoms with Crippen LogP contribution < -0.4 is 0 Å². The van der Waals surface area contributed by atoms with E-state index in [1.54, 1.807) is 15.8 Å². The zero-order chi connectivity index (χ0) is 19.8. The SMILES string of the molecule is CCN(Cc1cnn(C)c1C)C(=O)c1ccc2n1CCCN(S(C)(=O)=O)C2. The second kappa shape index (κ2) is 7.47. The number of aryl methyl sites for hydroxylation is 1. The Labute approximate surface area is 160 Å². The Morgan fingerprint density at radius 2 is 2.04 bits per heavy atom. The molecule has 0 saturated heterocycles. The van der Waals surface area contributed by atoms with Gasteiger partial charge in [0, 0.05) is 50.2 Å². The molecule has 9 heteroatoms. The third-order valence-corrected chi connectivity index (χ3v) is 6.50. The largest absolute Gasteiger partial charge is 0.339 e. The smallest absolute Gasteiger partial charge is 0.270 e. The highest BCUT2D eigenvalue weighted by Crippen LogP contribution is 2.21. The molecular weight excluding hydrogens is 366 g/mol.